The average Bonchev–Trinajstić information content (AvgIpc) is 2.77. The van der Waals surface area contributed by atoms with Gasteiger partial charge in [0.15, 0.2) is 0 Å². The number of alkyl halides is 3. The molecule has 8 heteroatoms. The highest BCUT2D eigenvalue weighted by molar-refractivity contribution is 9.10. The Morgan fingerprint density at radius 3 is 2.41 bits per heavy atom. The van der Waals surface area contributed by atoms with Crippen LogP contribution >= 0.6 is 15.9 Å². The van der Waals surface area contributed by atoms with Crippen LogP contribution in [-0.2, 0) is 11.2 Å². The zero-order valence-electron chi connectivity index (χ0n) is 20.3. The average molecular weight is 548 g/mol. The molecule has 0 bridgehead atoms. The molecule has 3 rings (SSSR count). The highest BCUT2D eigenvalue weighted by atomic mass is 79.9. The quantitative estimate of drug-likeness (QED) is 0.384. The summed E-state index contributed by atoms with van der Waals surface area (Å²) >= 11 is 3.69. The number of nitrogens with one attached hydrogen (secondary N) is 1. The first-order chi connectivity index (χ1) is 16.1. The van der Waals surface area contributed by atoms with Gasteiger partial charge in [-0.15, -0.1) is 0 Å². The van der Waals surface area contributed by atoms with E-state index in [0.29, 0.717) is 24.7 Å². The summed E-state index contributed by atoms with van der Waals surface area (Å²) in [4.78, 5) is 13.7. The van der Waals surface area contributed by atoms with E-state index in [2.05, 4.69) is 38.3 Å². The number of halogens is 4. The van der Waals surface area contributed by atoms with Crippen molar-refractivity contribution in [1.82, 2.24) is 10.2 Å². The first-order valence-electron chi connectivity index (χ1n) is 12.6. The van der Waals surface area contributed by atoms with Gasteiger partial charge >= 0.3 is 12.1 Å². The standard InChI is InChI=1S/C26H38BrF3N2O2/c1-18(2)34-23-9-10-24(27)21(17-23)16-20-11-14-32(15-12-20)13-3-4-19-5-7-22(8-6-19)31-25(33)26(28,29)30/h9-10,17-20,22H,3-8,11-16H2,1-2H3,(H,31,33). The molecular weight excluding hydrogens is 509 g/mol. The molecule has 1 aromatic rings. The summed E-state index contributed by atoms with van der Waals surface area (Å²) in [6, 6.07) is 5.93. The van der Waals surface area contributed by atoms with Crippen LogP contribution in [0.1, 0.15) is 70.8 Å². The summed E-state index contributed by atoms with van der Waals surface area (Å²) in [7, 11) is 0. The van der Waals surface area contributed by atoms with Crippen LogP contribution < -0.4 is 10.1 Å². The van der Waals surface area contributed by atoms with Gasteiger partial charge in [-0.2, -0.15) is 13.2 Å². The molecule has 1 heterocycles. The summed E-state index contributed by atoms with van der Waals surface area (Å²) in [5.74, 6) is 0.379. The molecule has 1 aliphatic carbocycles. The SMILES string of the molecule is CC(C)Oc1ccc(Br)c(CC2CCN(CCCC3CCC(NC(=O)C(F)(F)F)CC3)CC2)c1. The van der Waals surface area contributed by atoms with Gasteiger partial charge in [0.25, 0.3) is 0 Å². The van der Waals surface area contributed by atoms with Gasteiger partial charge in [0.05, 0.1) is 6.10 Å². The molecule has 1 saturated heterocycles. The van der Waals surface area contributed by atoms with Gasteiger partial charge in [-0.1, -0.05) is 15.9 Å². The van der Waals surface area contributed by atoms with Gasteiger partial charge in [-0.25, -0.2) is 0 Å². The van der Waals surface area contributed by atoms with E-state index in [9.17, 15) is 18.0 Å². The Morgan fingerprint density at radius 1 is 1.12 bits per heavy atom. The van der Waals surface area contributed by atoms with Crippen molar-refractivity contribution in [2.24, 2.45) is 11.8 Å². The van der Waals surface area contributed by atoms with E-state index in [1.165, 1.54) is 18.4 Å². The van der Waals surface area contributed by atoms with Crippen molar-refractivity contribution < 1.29 is 22.7 Å². The second kappa shape index (κ2) is 12.6. The second-order valence-corrected chi connectivity index (χ2v) is 11.1. The Hall–Kier alpha value is -1.28. The third-order valence-electron chi connectivity index (χ3n) is 7.13. The third kappa shape index (κ3) is 8.74. The highest BCUT2D eigenvalue weighted by Crippen LogP contribution is 2.31. The monoisotopic (exact) mass is 546 g/mol. The Labute approximate surface area is 210 Å². The number of piperidine rings is 1. The zero-order chi connectivity index (χ0) is 24.7. The number of rotatable bonds is 9. The minimum atomic E-state index is -4.78. The molecule has 4 nitrogen and oxygen atoms in total. The fourth-order valence-corrected chi connectivity index (χ4v) is 5.65. The number of hydrogen-bond acceptors (Lipinski definition) is 3. The molecule has 0 spiro atoms. The fourth-order valence-electron chi connectivity index (χ4n) is 5.24. The van der Waals surface area contributed by atoms with Crippen LogP contribution in [0.15, 0.2) is 22.7 Å². The summed E-state index contributed by atoms with van der Waals surface area (Å²) in [6.45, 7) is 7.43. The first kappa shape index (κ1) is 27.3. The van der Waals surface area contributed by atoms with Crippen LogP contribution in [0.2, 0.25) is 0 Å². The lowest BCUT2D eigenvalue weighted by Gasteiger charge is -2.33. The molecule has 2 aliphatic rings. The lowest BCUT2D eigenvalue weighted by atomic mass is 9.83. The molecular formula is C26H38BrF3N2O2. The molecule has 34 heavy (non-hydrogen) atoms. The molecule has 0 unspecified atom stereocenters. The van der Waals surface area contributed by atoms with Crippen molar-refractivity contribution in [3.63, 3.8) is 0 Å². The summed E-state index contributed by atoms with van der Waals surface area (Å²) in [5, 5.41) is 2.14. The number of carbonyl (C=O) groups is 1. The molecule has 1 saturated carbocycles. The van der Waals surface area contributed by atoms with Crippen LogP contribution in [0.3, 0.4) is 0 Å². The van der Waals surface area contributed by atoms with E-state index in [4.69, 9.17) is 4.74 Å². The Bertz CT molecular complexity index is 787. The lowest BCUT2D eigenvalue weighted by molar-refractivity contribution is -0.174. The maximum atomic E-state index is 12.4. The van der Waals surface area contributed by atoms with Crippen molar-refractivity contribution in [3.05, 3.63) is 28.2 Å². The van der Waals surface area contributed by atoms with Gasteiger partial charge in [-0.3, -0.25) is 4.79 Å². The predicted octanol–water partition coefficient (Wildman–Crippen LogP) is 6.51. The first-order valence-corrected chi connectivity index (χ1v) is 13.4. The molecule has 192 valence electrons. The van der Waals surface area contributed by atoms with Gasteiger partial charge in [0, 0.05) is 10.5 Å². The zero-order valence-corrected chi connectivity index (χ0v) is 21.9. The molecule has 0 aromatic heterocycles. The number of benzene rings is 1. The van der Waals surface area contributed by atoms with Crippen molar-refractivity contribution in [2.75, 3.05) is 19.6 Å². The van der Waals surface area contributed by atoms with Gasteiger partial charge < -0.3 is 15.0 Å². The Kier molecular flexibility index (Phi) is 10.1. The molecule has 0 atom stereocenters. The number of likely N-dealkylation sites (tertiary alicyclic amines) is 1. The second-order valence-electron chi connectivity index (χ2n) is 10.2. The minimum Gasteiger partial charge on any atom is -0.491 e. The van der Waals surface area contributed by atoms with Crippen LogP contribution in [0.25, 0.3) is 0 Å². The number of amides is 1. The van der Waals surface area contributed by atoms with E-state index in [1.54, 1.807) is 0 Å². The molecule has 1 aromatic carbocycles. The summed E-state index contributed by atoms with van der Waals surface area (Å²) < 4.78 is 44.2. The number of ether oxygens (including phenoxy) is 1. The Morgan fingerprint density at radius 2 is 1.79 bits per heavy atom. The van der Waals surface area contributed by atoms with Crippen molar-refractivity contribution >= 4 is 21.8 Å². The van der Waals surface area contributed by atoms with E-state index in [-0.39, 0.29) is 12.1 Å². The highest BCUT2D eigenvalue weighted by Gasteiger charge is 2.40. The summed E-state index contributed by atoms with van der Waals surface area (Å²) in [6.07, 6.45) is 4.21. The van der Waals surface area contributed by atoms with Crippen LogP contribution in [-0.4, -0.2) is 48.8 Å². The molecule has 2 fully saturated rings. The van der Waals surface area contributed by atoms with Crippen molar-refractivity contribution in [1.29, 1.82) is 0 Å². The third-order valence-corrected chi connectivity index (χ3v) is 7.90. The van der Waals surface area contributed by atoms with E-state index in [1.807, 2.05) is 19.9 Å². The van der Waals surface area contributed by atoms with Gasteiger partial charge in [0.2, 0.25) is 0 Å². The van der Waals surface area contributed by atoms with Crippen LogP contribution in [0.5, 0.6) is 5.75 Å². The van der Waals surface area contributed by atoms with Crippen molar-refractivity contribution in [3.8, 4) is 5.75 Å². The number of nitrogens with zero attached hydrogens (tertiary/aromatic N) is 1. The topological polar surface area (TPSA) is 41.6 Å². The van der Waals surface area contributed by atoms with Gasteiger partial charge in [-0.05, 0) is 127 Å². The minimum absolute atomic E-state index is 0.169. The Balaban J connectivity index is 1.31. The lowest BCUT2D eigenvalue weighted by Crippen LogP contribution is -2.44. The number of hydrogen-bond donors (Lipinski definition) is 1. The van der Waals surface area contributed by atoms with E-state index in [0.717, 1.165) is 62.0 Å². The normalized spacial score (nSPS) is 22.7. The van der Waals surface area contributed by atoms with Gasteiger partial charge in [0.1, 0.15) is 5.75 Å². The number of carbonyl (C=O) groups excluding carboxylic acids is 1. The molecule has 0 radical (unpaired) electrons. The summed E-state index contributed by atoms with van der Waals surface area (Å²) in [5.41, 5.74) is 1.32. The maximum absolute atomic E-state index is 12.4. The van der Waals surface area contributed by atoms with E-state index >= 15 is 0 Å². The fraction of sp³-hybridized carbons (Fsp3) is 0.731. The largest absolute Gasteiger partial charge is 0.491 e. The molecule has 1 aliphatic heterocycles. The predicted molar refractivity (Wildman–Crippen MR) is 132 cm³/mol. The molecule has 1 N–H and O–H groups in total. The maximum Gasteiger partial charge on any atom is 0.471 e. The smallest absolute Gasteiger partial charge is 0.471 e. The van der Waals surface area contributed by atoms with Crippen LogP contribution in [0.4, 0.5) is 13.2 Å². The van der Waals surface area contributed by atoms with Crippen LogP contribution in [0, 0.1) is 11.8 Å². The molecule has 1 amide bonds. The van der Waals surface area contributed by atoms with E-state index < -0.39 is 12.1 Å². The van der Waals surface area contributed by atoms with Crippen molar-refractivity contribution in [2.45, 2.75) is 90.0 Å².